The summed E-state index contributed by atoms with van der Waals surface area (Å²) in [6.07, 6.45) is 5.68. The van der Waals surface area contributed by atoms with Crippen molar-refractivity contribution in [3.05, 3.63) is 12.8 Å². The van der Waals surface area contributed by atoms with E-state index in [1.807, 2.05) is 13.8 Å². The zero-order valence-electron chi connectivity index (χ0n) is 13.9. The molecule has 3 nitrogen and oxygen atoms in total. The Morgan fingerprint density at radius 2 is 1.58 bits per heavy atom. The van der Waals surface area contributed by atoms with Crippen molar-refractivity contribution in [3.63, 3.8) is 0 Å². The fourth-order valence-corrected chi connectivity index (χ4v) is 1.36. The van der Waals surface area contributed by atoms with E-state index in [1.54, 1.807) is 24.9 Å². The van der Waals surface area contributed by atoms with Crippen LogP contribution in [0.1, 0.15) is 61.3 Å². The topological polar surface area (TPSA) is 47.3 Å². The minimum absolute atomic E-state index is 0.167. The van der Waals surface area contributed by atoms with Crippen molar-refractivity contribution in [1.29, 1.82) is 5.41 Å². The Labute approximate surface area is 120 Å². The Kier molecular flexibility index (Phi) is 10.8. The summed E-state index contributed by atoms with van der Waals surface area (Å²) in [7, 11) is 0. The van der Waals surface area contributed by atoms with Gasteiger partial charge in [0.15, 0.2) is 0 Å². The number of nitrogens with zero attached hydrogens (tertiary/aromatic N) is 1. The normalized spacial score (nSPS) is 14.0. The molecular weight excluding hydrogens is 236 g/mol. The van der Waals surface area contributed by atoms with Gasteiger partial charge in [-0.15, -0.1) is 0 Å². The standard InChI is InChI=1S/C7H14.C6H12N2.C3H8O/c1-7(2,3)6-4-5-6;1-4-8(5-7)6(2)3;1-3(2)4/h6H,4-5H2,1-3H3;4-7H,1H2,2-3H3;3-4H,1-2H3. The van der Waals surface area contributed by atoms with E-state index >= 15 is 0 Å². The van der Waals surface area contributed by atoms with E-state index in [1.165, 1.54) is 19.2 Å². The number of aliphatic hydroxyl groups excluding tert-OH is 1. The van der Waals surface area contributed by atoms with Gasteiger partial charge in [-0.25, -0.2) is 0 Å². The molecule has 0 radical (unpaired) electrons. The number of hydrogen-bond donors (Lipinski definition) is 2. The van der Waals surface area contributed by atoms with Crippen LogP contribution in [0.25, 0.3) is 0 Å². The fraction of sp³-hybridized carbons (Fsp3) is 0.812. The van der Waals surface area contributed by atoms with Gasteiger partial charge in [0.1, 0.15) is 0 Å². The summed E-state index contributed by atoms with van der Waals surface area (Å²) >= 11 is 0. The molecule has 2 N–H and O–H groups in total. The molecule has 0 saturated heterocycles. The highest BCUT2D eigenvalue weighted by Crippen LogP contribution is 2.44. The Balaban J connectivity index is 0. The Morgan fingerprint density at radius 1 is 1.21 bits per heavy atom. The second-order valence-electron chi connectivity index (χ2n) is 6.59. The van der Waals surface area contributed by atoms with E-state index < -0.39 is 0 Å². The maximum absolute atomic E-state index is 8.06. The first-order valence-electron chi connectivity index (χ1n) is 7.14. The lowest BCUT2D eigenvalue weighted by molar-refractivity contribution is 0.216. The molecule has 0 aromatic carbocycles. The summed E-state index contributed by atoms with van der Waals surface area (Å²) in [5.41, 5.74) is 0.611. The van der Waals surface area contributed by atoms with E-state index in [2.05, 4.69) is 27.4 Å². The van der Waals surface area contributed by atoms with Crippen molar-refractivity contribution < 1.29 is 5.11 Å². The summed E-state index contributed by atoms with van der Waals surface area (Å²) in [6, 6.07) is 0.352. The molecule has 0 atom stereocenters. The summed E-state index contributed by atoms with van der Waals surface area (Å²) in [4.78, 5) is 1.72. The molecule has 0 aromatic rings. The Hall–Kier alpha value is -0.830. The maximum atomic E-state index is 8.06. The minimum Gasteiger partial charge on any atom is -0.394 e. The van der Waals surface area contributed by atoms with Crippen molar-refractivity contribution in [3.8, 4) is 0 Å². The SMILES string of the molecule is C=CN(C=N)C(C)C.CC(C)(C)C1CC1.CC(C)O. The predicted molar refractivity (Wildman–Crippen MR) is 85.5 cm³/mol. The van der Waals surface area contributed by atoms with Gasteiger partial charge < -0.3 is 10.0 Å². The molecule has 0 aromatic heterocycles. The third kappa shape index (κ3) is 15.1. The van der Waals surface area contributed by atoms with E-state index in [4.69, 9.17) is 10.5 Å². The monoisotopic (exact) mass is 270 g/mol. The van der Waals surface area contributed by atoms with Gasteiger partial charge in [0.25, 0.3) is 0 Å². The highest BCUT2D eigenvalue weighted by molar-refractivity contribution is 5.52. The number of hydrogen-bond acceptors (Lipinski definition) is 2. The van der Waals surface area contributed by atoms with Crippen LogP contribution in [0.4, 0.5) is 0 Å². The first-order valence-corrected chi connectivity index (χ1v) is 7.14. The van der Waals surface area contributed by atoms with Crippen molar-refractivity contribution in [1.82, 2.24) is 4.90 Å². The zero-order chi connectivity index (χ0) is 15.6. The average molecular weight is 270 g/mol. The number of rotatable bonds is 3. The Bertz CT molecular complexity index is 227. The smallest absolute Gasteiger partial charge is 0.0859 e. The van der Waals surface area contributed by atoms with Gasteiger partial charge in [-0.1, -0.05) is 27.4 Å². The van der Waals surface area contributed by atoms with Crippen LogP contribution >= 0.6 is 0 Å². The third-order valence-electron chi connectivity index (χ3n) is 2.76. The third-order valence-corrected chi connectivity index (χ3v) is 2.76. The van der Waals surface area contributed by atoms with E-state index in [0.717, 1.165) is 5.92 Å². The molecule has 1 aliphatic carbocycles. The average Bonchev–Trinajstić information content (AvgIpc) is 3.00. The molecule has 0 heterocycles. The van der Waals surface area contributed by atoms with Crippen LogP contribution in [-0.4, -0.2) is 28.5 Å². The molecule has 1 aliphatic rings. The first-order chi connectivity index (χ1) is 8.56. The summed E-state index contributed by atoms with van der Waals surface area (Å²) in [5, 5.41) is 14.9. The molecule has 0 aliphatic heterocycles. The fourth-order valence-electron chi connectivity index (χ4n) is 1.36. The molecule has 3 heteroatoms. The summed E-state index contributed by atoms with van der Waals surface area (Å²) < 4.78 is 0. The van der Waals surface area contributed by atoms with Crippen LogP contribution in [0.2, 0.25) is 0 Å². The predicted octanol–water partition coefficient (Wildman–Crippen LogP) is 4.28. The minimum atomic E-state index is -0.167. The summed E-state index contributed by atoms with van der Waals surface area (Å²) in [5.74, 6) is 1.05. The molecule has 0 amide bonds. The lowest BCUT2D eigenvalue weighted by atomic mass is 9.91. The largest absolute Gasteiger partial charge is 0.394 e. The lowest BCUT2D eigenvalue weighted by Crippen LogP contribution is -2.22. The van der Waals surface area contributed by atoms with E-state index in [9.17, 15) is 0 Å². The van der Waals surface area contributed by atoms with Gasteiger partial charge in [0.2, 0.25) is 0 Å². The molecule has 0 unspecified atom stereocenters. The Morgan fingerprint density at radius 3 is 1.58 bits per heavy atom. The summed E-state index contributed by atoms with van der Waals surface area (Å²) in [6.45, 7) is 18.0. The van der Waals surface area contributed by atoms with Crippen molar-refractivity contribution >= 4 is 6.34 Å². The molecule has 114 valence electrons. The van der Waals surface area contributed by atoms with Crippen LogP contribution in [0.3, 0.4) is 0 Å². The van der Waals surface area contributed by atoms with E-state index in [-0.39, 0.29) is 6.10 Å². The molecule has 1 fully saturated rings. The second-order valence-corrected chi connectivity index (χ2v) is 6.59. The molecule has 0 spiro atoms. The number of aliphatic hydroxyl groups is 1. The molecule has 0 bridgehead atoms. The van der Waals surface area contributed by atoms with Crippen LogP contribution in [-0.2, 0) is 0 Å². The van der Waals surface area contributed by atoms with Crippen molar-refractivity contribution in [2.45, 2.75) is 73.5 Å². The maximum Gasteiger partial charge on any atom is 0.0859 e. The lowest BCUT2D eigenvalue weighted by Gasteiger charge is -2.16. The highest BCUT2D eigenvalue weighted by atomic mass is 16.3. The first kappa shape index (κ1) is 20.5. The van der Waals surface area contributed by atoms with Crippen LogP contribution < -0.4 is 0 Å². The molecule has 19 heavy (non-hydrogen) atoms. The van der Waals surface area contributed by atoms with Crippen molar-refractivity contribution in [2.75, 3.05) is 0 Å². The van der Waals surface area contributed by atoms with E-state index in [0.29, 0.717) is 11.5 Å². The van der Waals surface area contributed by atoms with Gasteiger partial charge in [-0.3, -0.25) is 5.41 Å². The molecule has 1 saturated carbocycles. The van der Waals surface area contributed by atoms with Crippen LogP contribution in [0.15, 0.2) is 12.8 Å². The van der Waals surface area contributed by atoms with Gasteiger partial charge in [-0.05, 0) is 58.1 Å². The van der Waals surface area contributed by atoms with Crippen LogP contribution in [0.5, 0.6) is 0 Å². The number of nitrogens with one attached hydrogen (secondary N) is 1. The zero-order valence-corrected chi connectivity index (χ0v) is 13.9. The molecular formula is C16H34N2O. The van der Waals surface area contributed by atoms with Crippen molar-refractivity contribution in [2.24, 2.45) is 11.3 Å². The van der Waals surface area contributed by atoms with Gasteiger partial charge in [-0.2, -0.15) is 0 Å². The van der Waals surface area contributed by atoms with Gasteiger partial charge >= 0.3 is 0 Å². The second kappa shape index (κ2) is 10.0. The van der Waals surface area contributed by atoms with Crippen LogP contribution in [0, 0.1) is 16.7 Å². The van der Waals surface area contributed by atoms with Gasteiger partial charge in [0, 0.05) is 12.1 Å². The molecule has 1 rings (SSSR count). The van der Waals surface area contributed by atoms with Gasteiger partial charge in [0.05, 0.1) is 6.34 Å². The highest BCUT2D eigenvalue weighted by Gasteiger charge is 2.33. The quantitative estimate of drug-likeness (QED) is 0.594.